The Kier molecular flexibility index (Phi) is 4.88. The van der Waals surface area contributed by atoms with Crippen LogP contribution in [0.4, 0.5) is 0 Å². The molecule has 4 rings (SSSR count). The number of benzene rings is 1. The smallest absolute Gasteiger partial charge is 0.0791 e. The lowest BCUT2D eigenvalue weighted by Gasteiger charge is -2.31. The van der Waals surface area contributed by atoms with Gasteiger partial charge in [0.2, 0.25) is 0 Å². The molecule has 0 fully saturated rings. The van der Waals surface area contributed by atoms with E-state index in [4.69, 9.17) is 0 Å². The molecule has 134 valence electrons. The van der Waals surface area contributed by atoms with Gasteiger partial charge in [-0.2, -0.15) is 5.10 Å². The number of nitrogens with zero attached hydrogens (tertiary/aromatic N) is 3. The summed E-state index contributed by atoms with van der Waals surface area (Å²) in [4.78, 5) is 2.37. The lowest BCUT2D eigenvalue weighted by molar-refractivity contribution is 0.101. The van der Waals surface area contributed by atoms with Crippen LogP contribution < -0.4 is 5.32 Å². The SMILES string of the molecule is Cn1ncc2c1CCCC2NCC(O)CN1CCc2ccccc2C1. The van der Waals surface area contributed by atoms with Crippen LogP contribution in [0.3, 0.4) is 0 Å². The lowest BCUT2D eigenvalue weighted by atomic mass is 9.93. The van der Waals surface area contributed by atoms with Crippen molar-refractivity contribution >= 4 is 0 Å². The maximum Gasteiger partial charge on any atom is 0.0791 e. The molecule has 1 aliphatic heterocycles. The monoisotopic (exact) mass is 340 g/mol. The third kappa shape index (κ3) is 3.64. The second-order valence-electron chi connectivity index (χ2n) is 7.43. The highest BCUT2D eigenvalue weighted by Gasteiger charge is 2.24. The first-order valence-corrected chi connectivity index (χ1v) is 9.42. The quantitative estimate of drug-likeness (QED) is 0.872. The lowest BCUT2D eigenvalue weighted by Crippen LogP contribution is -2.41. The highest BCUT2D eigenvalue weighted by Crippen LogP contribution is 2.29. The number of hydrogen-bond donors (Lipinski definition) is 2. The van der Waals surface area contributed by atoms with Crippen LogP contribution in [0, 0.1) is 0 Å². The molecule has 0 saturated carbocycles. The number of fused-ring (bicyclic) bond motifs is 2. The minimum atomic E-state index is -0.340. The van der Waals surface area contributed by atoms with Gasteiger partial charge in [0.25, 0.3) is 0 Å². The summed E-state index contributed by atoms with van der Waals surface area (Å²) in [5.74, 6) is 0. The second kappa shape index (κ2) is 7.28. The van der Waals surface area contributed by atoms with Gasteiger partial charge in [0.15, 0.2) is 0 Å². The van der Waals surface area contributed by atoms with Crippen LogP contribution >= 0.6 is 0 Å². The fourth-order valence-corrected chi connectivity index (χ4v) is 4.27. The van der Waals surface area contributed by atoms with E-state index in [2.05, 4.69) is 39.6 Å². The van der Waals surface area contributed by atoms with E-state index in [-0.39, 0.29) is 6.10 Å². The van der Waals surface area contributed by atoms with E-state index in [9.17, 15) is 5.11 Å². The molecule has 2 heterocycles. The van der Waals surface area contributed by atoms with Gasteiger partial charge in [-0.1, -0.05) is 24.3 Å². The van der Waals surface area contributed by atoms with Crippen molar-refractivity contribution < 1.29 is 5.11 Å². The zero-order valence-electron chi connectivity index (χ0n) is 15.0. The Morgan fingerprint density at radius 2 is 2.12 bits per heavy atom. The maximum absolute atomic E-state index is 10.5. The summed E-state index contributed by atoms with van der Waals surface area (Å²) in [6, 6.07) is 8.98. The summed E-state index contributed by atoms with van der Waals surface area (Å²) < 4.78 is 1.99. The molecule has 1 aromatic carbocycles. The van der Waals surface area contributed by atoms with E-state index in [1.807, 2.05) is 17.9 Å². The van der Waals surface area contributed by atoms with Crippen LogP contribution in [0.5, 0.6) is 0 Å². The Morgan fingerprint density at radius 3 is 3.00 bits per heavy atom. The maximum atomic E-state index is 10.5. The molecule has 0 radical (unpaired) electrons. The van der Waals surface area contributed by atoms with Gasteiger partial charge < -0.3 is 10.4 Å². The predicted molar refractivity (Wildman–Crippen MR) is 98.3 cm³/mol. The molecule has 5 nitrogen and oxygen atoms in total. The largest absolute Gasteiger partial charge is 0.390 e. The Balaban J connectivity index is 1.30. The third-order valence-corrected chi connectivity index (χ3v) is 5.65. The van der Waals surface area contributed by atoms with Crippen LogP contribution in [0.15, 0.2) is 30.5 Å². The molecule has 0 amide bonds. The third-order valence-electron chi connectivity index (χ3n) is 5.65. The van der Waals surface area contributed by atoms with E-state index >= 15 is 0 Å². The van der Waals surface area contributed by atoms with Crippen LogP contribution in [0.2, 0.25) is 0 Å². The second-order valence-corrected chi connectivity index (χ2v) is 7.43. The molecular weight excluding hydrogens is 312 g/mol. The van der Waals surface area contributed by atoms with E-state index in [1.54, 1.807) is 0 Å². The van der Waals surface area contributed by atoms with Crippen molar-refractivity contribution in [3.63, 3.8) is 0 Å². The van der Waals surface area contributed by atoms with Crippen molar-refractivity contribution in [3.05, 3.63) is 52.8 Å². The minimum absolute atomic E-state index is 0.328. The van der Waals surface area contributed by atoms with Crippen molar-refractivity contribution in [1.82, 2.24) is 20.0 Å². The van der Waals surface area contributed by atoms with Crippen molar-refractivity contribution in [3.8, 4) is 0 Å². The Hall–Kier alpha value is -1.69. The average Bonchev–Trinajstić information content (AvgIpc) is 3.02. The van der Waals surface area contributed by atoms with E-state index in [0.29, 0.717) is 12.6 Å². The van der Waals surface area contributed by atoms with Gasteiger partial charge >= 0.3 is 0 Å². The predicted octanol–water partition coefficient (Wildman–Crippen LogP) is 1.81. The summed E-state index contributed by atoms with van der Waals surface area (Å²) >= 11 is 0. The first-order valence-electron chi connectivity index (χ1n) is 9.42. The zero-order valence-corrected chi connectivity index (χ0v) is 15.0. The molecule has 2 aliphatic rings. The number of aliphatic hydroxyl groups excluding tert-OH is 1. The molecular formula is C20H28N4O. The normalized spacial score (nSPS) is 21.6. The van der Waals surface area contributed by atoms with Crippen LogP contribution in [-0.2, 0) is 26.4 Å². The van der Waals surface area contributed by atoms with Crippen molar-refractivity contribution in [2.45, 2.75) is 44.4 Å². The van der Waals surface area contributed by atoms with Gasteiger partial charge in [0.1, 0.15) is 0 Å². The highest BCUT2D eigenvalue weighted by molar-refractivity contribution is 5.29. The minimum Gasteiger partial charge on any atom is -0.390 e. The van der Waals surface area contributed by atoms with Gasteiger partial charge in [0.05, 0.1) is 12.3 Å². The molecule has 1 aromatic heterocycles. The van der Waals surface area contributed by atoms with E-state index in [1.165, 1.54) is 28.8 Å². The summed E-state index contributed by atoms with van der Waals surface area (Å²) in [5.41, 5.74) is 5.51. The number of hydrogen-bond acceptors (Lipinski definition) is 4. The molecule has 1 aliphatic carbocycles. The number of rotatable bonds is 5. The Morgan fingerprint density at radius 1 is 1.28 bits per heavy atom. The van der Waals surface area contributed by atoms with Crippen LogP contribution in [0.1, 0.15) is 41.3 Å². The van der Waals surface area contributed by atoms with E-state index < -0.39 is 0 Å². The molecule has 25 heavy (non-hydrogen) atoms. The first-order chi connectivity index (χ1) is 12.2. The van der Waals surface area contributed by atoms with Gasteiger partial charge in [-0.15, -0.1) is 0 Å². The highest BCUT2D eigenvalue weighted by atomic mass is 16.3. The Bertz CT molecular complexity index is 726. The topological polar surface area (TPSA) is 53.3 Å². The standard InChI is InChI=1S/C20H28N4O/c1-23-20-8-4-7-19(18(20)12-22-23)21-11-17(25)14-24-10-9-15-5-2-3-6-16(15)13-24/h2-3,5-6,12,17,19,21,25H,4,7-11,13-14H2,1H3. The van der Waals surface area contributed by atoms with Crippen LogP contribution in [-0.4, -0.2) is 45.5 Å². The van der Waals surface area contributed by atoms with Gasteiger partial charge in [0, 0.05) is 50.5 Å². The van der Waals surface area contributed by atoms with Crippen molar-refractivity contribution in [2.75, 3.05) is 19.6 Å². The summed E-state index contributed by atoms with van der Waals surface area (Å²) in [7, 11) is 2.02. The number of aromatic nitrogens is 2. The van der Waals surface area contributed by atoms with Crippen LogP contribution in [0.25, 0.3) is 0 Å². The molecule has 0 bridgehead atoms. The fraction of sp³-hybridized carbons (Fsp3) is 0.550. The molecule has 2 unspecified atom stereocenters. The van der Waals surface area contributed by atoms with Crippen molar-refractivity contribution in [1.29, 1.82) is 0 Å². The van der Waals surface area contributed by atoms with Gasteiger partial charge in [-0.05, 0) is 36.8 Å². The molecule has 0 saturated heterocycles. The average molecular weight is 340 g/mol. The molecule has 0 spiro atoms. The van der Waals surface area contributed by atoms with Gasteiger partial charge in [-0.25, -0.2) is 0 Å². The summed E-state index contributed by atoms with van der Waals surface area (Å²) in [5, 5.41) is 18.5. The molecule has 2 atom stereocenters. The first kappa shape index (κ1) is 16.8. The number of aryl methyl sites for hydroxylation is 1. The zero-order chi connectivity index (χ0) is 17.2. The molecule has 2 aromatic rings. The summed E-state index contributed by atoms with van der Waals surface area (Å²) in [6.45, 7) is 3.35. The van der Waals surface area contributed by atoms with E-state index in [0.717, 1.165) is 38.9 Å². The number of nitrogens with one attached hydrogen (secondary N) is 1. The number of aliphatic hydroxyl groups is 1. The fourth-order valence-electron chi connectivity index (χ4n) is 4.27. The van der Waals surface area contributed by atoms with Crippen molar-refractivity contribution in [2.24, 2.45) is 7.05 Å². The molecule has 2 N–H and O–H groups in total. The van der Waals surface area contributed by atoms with Gasteiger partial charge in [-0.3, -0.25) is 9.58 Å². The number of β-amino-alcohol motifs (C(OH)–C–C–N with tert-alkyl or cyclic N) is 1. The summed E-state index contributed by atoms with van der Waals surface area (Å²) in [6.07, 6.45) is 6.15. The Labute approximate surface area is 149 Å². The molecule has 5 heteroatoms.